The topological polar surface area (TPSA) is 59.8 Å². The third-order valence-corrected chi connectivity index (χ3v) is 3.29. The highest BCUT2D eigenvalue weighted by Crippen LogP contribution is 2.17. The Labute approximate surface area is 113 Å². The molecule has 6 heteroatoms. The molecule has 0 spiro atoms. The predicted octanol–water partition coefficient (Wildman–Crippen LogP) is 2.07. The van der Waals surface area contributed by atoms with Gasteiger partial charge in [-0.05, 0) is 35.0 Å². The van der Waals surface area contributed by atoms with Gasteiger partial charge >= 0.3 is 0 Å². The lowest BCUT2D eigenvalue weighted by atomic mass is 10.2. The number of aromatic nitrogens is 3. The lowest BCUT2D eigenvalue weighted by Gasteiger charge is -2.13. The number of hydrogen-bond acceptors (Lipinski definition) is 3. The minimum Gasteiger partial charge on any atom is -0.342 e. The fraction of sp³-hybridized carbons (Fsp3) is 0.250. The van der Waals surface area contributed by atoms with Gasteiger partial charge in [0.15, 0.2) is 5.82 Å². The second-order valence-electron chi connectivity index (χ2n) is 3.98. The first kappa shape index (κ1) is 12.8. The van der Waals surface area contributed by atoms with E-state index in [0.717, 1.165) is 10.3 Å². The predicted molar refractivity (Wildman–Crippen MR) is 71.0 cm³/mol. The first-order chi connectivity index (χ1) is 8.59. The summed E-state index contributed by atoms with van der Waals surface area (Å²) in [6.45, 7) is 1.87. The van der Waals surface area contributed by atoms with Crippen LogP contribution in [-0.2, 0) is 7.05 Å². The van der Waals surface area contributed by atoms with E-state index in [4.69, 9.17) is 0 Å². The van der Waals surface area contributed by atoms with Crippen LogP contribution in [0.3, 0.4) is 0 Å². The molecule has 2 aromatic rings. The minimum atomic E-state index is -0.197. The average Bonchev–Trinajstić information content (AvgIpc) is 2.76. The van der Waals surface area contributed by atoms with Crippen molar-refractivity contribution in [2.75, 3.05) is 0 Å². The van der Waals surface area contributed by atoms with Crippen molar-refractivity contribution in [3.63, 3.8) is 0 Å². The fourth-order valence-electron chi connectivity index (χ4n) is 1.67. The number of carbonyl (C=O) groups excluding carboxylic acids is 1. The highest BCUT2D eigenvalue weighted by Gasteiger charge is 2.16. The molecule has 0 radical (unpaired) electrons. The van der Waals surface area contributed by atoms with Crippen molar-refractivity contribution < 1.29 is 4.79 Å². The standard InChI is InChI=1S/C12H13BrN4O/c1-8(11-16-14-7-17(11)2)15-12(18)9-5-3-4-6-10(9)13/h3-8H,1-2H3,(H,15,18). The van der Waals surface area contributed by atoms with E-state index in [1.807, 2.05) is 32.2 Å². The summed E-state index contributed by atoms with van der Waals surface area (Å²) in [4.78, 5) is 12.1. The third kappa shape index (κ3) is 2.59. The molecular weight excluding hydrogens is 296 g/mol. The Hall–Kier alpha value is -1.69. The Balaban J connectivity index is 2.13. The number of nitrogens with zero attached hydrogens (tertiary/aromatic N) is 3. The SMILES string of the molecule is CC(NC(=O)c1ccccc1Br)c1nncn1C. The molecule has 0 saturated carbocycles. The van der Waals surface area contributed by atoms with Crippen LogP contribution in [0, 0.1) is 0 Å². The van der Waals surface area contributed by atoms with Crippen LogP contribution in [-0.4, -0.2) is 20.7 Å². The number of halogens is 1. The zero-order valence-corrected chi connectivity index (χ0v) is 11.7. The van der Waals surface area contributed by atoms with Crippen LogP contribution in [0.4, 0.5) is 0 Å². The van der Waals surface area contributed by atoms with Gasteiger partial charge < -0.3 is 9.88 Å². The monoisotopic (exact) mass is 308 g/mol. The van der Waals surface area contributed by atoms with Gasteiger partial charge in [0.05, 0.1) is 11.6 Å². The molecule has 0 bridgehead atoms. The van der Waals surface area contributed by atoms with Gasteiger partial charge in [-0.25, -0.2) is 0 Å². The second-order valence-corrected chi connectivity index (χ2v) is 4.83. The van der Waals surface area contributed by atoms with E-state index in [2.05, 4.69) is 31.4 Å². The van der Waals surface area contributed by atoms with Gasteiger partial charge in [0.1, 0.15) is 6.33 Å². The maximum Gasteiger partial charge on any atom is 0.253 e. The number of rotatable bonds is 3. The van der Waals surface area contributed by atoms with E-state index in [-0.39, 0.29) is 11.9 Å². The van der Waals surface area contributed by atoms with E-state index < -0.39 is 0 Å². The van der Waals surface area contributed by atoms with Gasteiger partial charge in [-0.15, -0.1) is 10.2 Å². The lowest BCUT2D eigenvalue weighted by molar-refractivity contribution is 0.0937. The molecule has 18 heavy (non-hydrogen) atoms. The number of nitrogens with one attached hydrogen (secondary N) is 1. The first-order valence-electron chi connectivity index (χ1n) is 5.49. The van der Waals surface area contributed by atoms with E-state index >= 15 is 0 Å². The van der Waals surface area contributed by atoms with Crippen LogP contribution in [0.1, 0.15) is 29.1 Å². The molecule has 1 unspecified atom stereocenters. The molecule has 5 nitrogen and oxygen atoms in total. The van der Waals surface area contributed by atoms with Crippen molar-refractivity contribution in [2.45, 2.75) is 13.0 Å². The van der Waals surface area contributed by atoms with E-state index in [1.54, 1.807) is 17.0 Å². The number of benzene rings is 1. The summed E-state index contributed by atoms with van der Waals surface area (Å²) < 4.78 is 2.55. The third-order valence-electron chi connectivity index (χ3n) is 2.60. The Morgan fingerprint density at radius 3 is 2.78 bits per heavy atom. The molecule has 1 amide bonds. The quantitative estimate of drug-likeness (QED) is 0.944. The molecule has 0 fully saturated rings. The summed E-state index contributed by atoms with van der Waals surface area (Å²) >= 11 is 3.36. The van der Waals surface area contributed by atoms with Crippen molar-refractivity contribution in [3.8, 4) is 0 Å². The molecule has 0 saturated heterocycles. The number of carbonyl (C=O) groups is 1. The smallest absolute Gasteiger partial charge is 0.253 e. The summed E-state index contributed by atoms with van der Waals surface area (Å²) in [6, 6.07) is 7.10. The molecule has 1 aromatic heterocycles. The van der Waals surface area contributed by atoms with E-state index in [0.29, 0.717) is 5.56 Å². The maximum absolute atomic E-state index is 12.1. The molecule has 2 rings (SSSR count). The summed E-state index contributed by atoms with van der Waals surface area (Å²) in [5.41, 5.74) is 0.603. The van der Waals surface area contributed by atoms with E-state index in [9.17, 15) is 4.79 Å². The molecule has 0 aliphatic heterocycles. The molecular formula is C12H13BrN4O. The van der Waals surface area contributed by atoms with Gasteiger partial charge in [0.25, 0.3) is 5.91 Å². The van der Waals surface area contributed by atoms with Gasteiger partial charge in [-0.3, -0.25) is 4.79 Å². The molecule has 1 aromatic carbocycles. The number of amides is 1. The van der Waals surface area contributed by atoms with Crippen LogP contribution in [0.15, 0.2) is 35.1 Å². The van der Waals surface area contributed by atoms with Gasteiger partial charge in [0.2, 0.25) is 0 Å². The number of aryl methyl sites for hydroxylation is 1. The van der Waals surface area contributed by atoms with Crippen molar-refractivity contribution in [1.29, 1.82) is 0 Å². The lowest BCUT2D eigenvalue weighted by Crippen LogP contribution is -2.28. The van der Waals surface area contributed by atoms with Crippen molar-refractivity contribution in [3.05, 3.63) is 46.5 Å². The molecule has 1 atom stereocenters. The summed E-state index contributed by atoms with van der Waals surface area (Å²) in [5.74, 6) is 0.577. The molecule has 1 N–H and O–H groups in total. The Bertz CT molecular complexity index is 567. The Kier molecular flexibility index (Phi) is 3.76. The summed E-state index contributed by atoms with van der Waals surface area (Å²) in [7, 11) is 1.84. The number of hydrogen-bond donors (Lipinski definition) is 1. The van der Waals surface area contributed by atoms with Gasteiger partial charge in [-0.1, -0.05) is 12.1 Å². The summed E-state index contributed by atoms with van der Waals surface area (Å²) in [6.07, 6.45) is 1.61. The first-order valence-corrected chi connectivity index (χ1v) is 6.28. The Morgan fingerprint density at radius 1 is 1.44 bits per heavy atom. The van der Waals surface area contributed by atoms with Crippen LogP contribution >= 0.6 is 15.9 Å². The highest BCUT2D eigenvalue weighted by molar-refractivity contribution is 9.10. The molecule has 0 aliphatic carbocycles. The zero-order chi connectivity index (χ0) is 13.1. The zero-order valence-electron chi connectivity index (χ0n) is 10.1. The molecule has 94 valence electrons. The molecule has 0 aliphatic rings. The van der Waals surface area contributed by atoms with Crippen LogP contribution in [0.25, 0.3) is 0 Å². The Morgan fingerprint density at radius 2 is 2.17 bits per heavy atom. The van der Waals surface area contributed by atoms with Crippen molar-refractivity contribution in [2.24, 2.45) is 7.05 Å². The molecule has 1 heterocycles. The van der Waals surface area contributed by atoms with E-state index in [1.165, 1.54) is 0 Å². The highest BCUT2D eigenvalue weighted by atomic mass is 79.9. The van der Waals surface area contributed by atoms with Crippen LogP contribution in [0.5, 0.6) is 0 Å². The van der Waals surface area contributed by atoms with Crippen LogP contribution < -0.4 is 5.32 Å². The second kappa shape index (κ2) is 5.30. The minimum absolute atomic E-state index is 0.141. The average molecular weight is 309 g/mol. The van der Waals surface area contributed by atoms with Crippen molar-refractivity contribution >= 4 is 21.8 Å². The fourth-order valence-corrected chi connectivity index (χ4v) is 2.13. The maximum atomic E-state index is 12.1. The van der Waals surface area contributed by atoms with Crippen LogP contribution in [0.2, 0.25) is 0 Å². The largest absolute Gasteiger partial charge is 0.342 e. The van der Waals surface area contributed by atoms with Crippen molar-refractivity contribution in [1.82, 2.24) is 20.1 Å². The summed E-state index contributed by atoms with van der Waals surface area (Å²) in [5, 5.41) is 10.7. The van der Waals surface area contributed by atoms with Gasteiger partial charge in [0, 0.05) is 11.5 Å². The normalized spacial score (nSPS) is 12.2. The van der Waals surface area contributed by atoms with Gasteiger partial charge in [-0.2, -0.15) is 0 Å².